The second-order valence-corrected chi connectivity index (χ2v) is 8.35. The zero-order valence-electron chi connectivity index (χ0n) is 19.5. The third-order valence-corrected chi connectivity index (χ3v) is 5.36. The summed E-state index contributed by atoms with van der Waals surface area (Å²) in [6.07, 6.45) is 6.00. The predicted molar refractivity (Wildman–Crippen MR) is 135 cm³/mol. The molecule has 0 amide bonds. The summed E-state index contributed by atoms with van der Waals surface area (Å²) in [5, 5.41) is 7.81. The van der Waals surface area contributed by atoms with E-state index in [0.717, 1.165) is 60.6 Å². The SMILES string of the molecule is CC(C)=CC(=O)CCCCC#Cc1cc(-c2cccc(N)c2C=N)nc(N2CCOCC2)c1. The van der Waals surface area contributed by atoms with Crippen LogP contribution < -0.4 is 10.6 Å². The van der Waals surface area contributed by atoms with E-state index in [-0.39, 0.29) is 5.78 Å². The van der Waals surface area contributed by atoms with Gasteiger partial charge in [-0.3, -0.25) is 4.79 Å². The van der Waals surface area contributed by atoms with Gasteiger partial charge in [0.05, 0.1) is 18.9 Å². The second kappa shape index (κ2) is 12.0. The molecular formula is C27H32N4O2. The molecule has 1 aromatic carbocycles. The third kappa shape index (κ3) is 7.03. The number of pyridine rings is 1. The molecule has 2 aromatic rings. The summed E-state index contributed by atoms with van der Waals surface area (Å²) in [6, 6.07) is 9.57. The summed E-state index contributed by atoms with van der Waals surface area (Å²) in [4.78, 5) is 18.9. The summed E-state index contributed by atoms with van der Waals surface area (Å²) in [5.41, 5.74) is 10.8. The zero-order valence-corrected chi connectivity index (χ0v) is 19.5. The van der Waals surface area contributed by atoms with Crippen LogP contribution in [-0.2, 0) is 9.53 Å². The van der Waals surface area contributed by atoms with Crippen LogP contribution in [0.3, 0.4) is 0 Å². The molecular weight excluding hydrogens is 412 g/mol. The van der Waals surface area contributed by atoms with E-state index in [4.69, 9.17) is 20.9 Å². The Morgan fingerprint density at radius 3 is 2.76 bits per heavy atom. The zero-order chi connectivity index (χ0) is 23.6. The first-order valence-corrected chi connectivity index (χ1v) is 11.4. The molecule has 0 atom stereocenters. The van der Waals surface area contributed by atoms with Gasteiger partial charge in [0.1, 0.15) is 5.82 Å². The van der Waals surface area contributed by atoms with Gasteiger partial charge in [0, 0.05) is 54.5 Å². The van der Waals surface area contributed by atoms with Crippen LogP contribution in [0.15, 0.2) is 42.0 Å². The van der Waals surface area contributed by atoms with Crippen LogP contribution in [-0.4, -0.2) is 43.3 Å². The topological polar surface area (TPSA) is 92.3 Å². The summed E-state index contributed by atoms with van der Waals surface area (Å²) in [6.45, 7) is 6.76. The number of aromatic nitrogens is 1. The largest absolute Gasteiger partial charge is 0.398 e. The van der Waals surface area contributed by atoms with Crippen LogP contribution in [0.4, 0.5) is 11.5 Å². The van der Waals surface area contributed by atoms with Gasteiger partial charge in [-0.2, -0.15) is 0 Å². The Bertz CT molecular complexity index is 1090. The van der Waals surface area contributed by atoms with Gasteiger partial charge in [-0.25, -0.2) is 4.98 Å². The summed E-state index contributed by atoms with van der Waals surface area (Å²) in [5.74, 6) is 7.56. The number of unbranched alkanes of at least 4 members (excludes halogenated alkanes) is 2. The monoisotopic (exact) mass is 444 g/mol. The first-order chi connectivity index (χ1) is 16.0. The number of morpholine rings is 1. The molecule has 0 saturated carbocycles. The van der Waals surface area contributed by atoms with Gasteiger partial charge in [0.2, 0.25) is 0 Å². The highest BCUT2D eigenvalue weighted by atomic mass is 16.5. The fourth-order valence-electron chi connectivity index (χ4n) is 3.72. The van der Waals surface area contributed by atoms with Crippen LogP contribution in [0.1, 0.15) is 50.7 Å². The van der Waals surface area contributed by atoms with E-state index in [1.54, 1.807) is 12.1 Å². The van der Waals surface area contributed by atoms with Crippen molar-refractivity contribution < 1.29 is 9.53 Å². The molecule has 1 saturated heterocycles. The molecule has 3 N–H and O–H groups in total. The van der Waals surface area contributed by atoms with E-state index >= 15 is 0 Å². The summed E-state index contributed by atoms with van der Waals surface area (Å²) >= 11 is 0. The molecule has 0 unspecified atom stereocenters. The minimum atomic E-state index is 0.182. The number of carbonyl (C=O) groups is 1. The van der Waals surface area contributed by atoms with E-state index in [1.165, 1.54) is 6.21 Å². The van der Waals surface area contributed by atoms with Crippen LogP contribution >= 0.6 is 0 Å². The second-order valence-electron chi connectivity index (χ2n) is 8.35. The molecule has 6 nitrogen and oxygen atoms in total. The smallest absolute Gasteiger partial charge is 0.155 e. The highest BCUT2D eigenvalue weighted by Gasteiger charge is 2.16. The third-order valence-electron chi connectivity index (χ3n) is 5.36. The fourth-order valence-corrected chi connectivity index (χ4v) is 3.72. The standard InChI is InChI=1S/C27H32N4O2/c1-20(2)16-22(32)9-6-4-3-5-8-21-17-26(23-10-7-11-25(29)24(23)19-28)30-27(18-21)31-12-14-33-15-13-31/h7,10-11,16-19,28H,3-4,6,9,12-15,29H2,1-2H3. The average Bonchev–Trinajstić information content (AvgIpc) is 2.81. The van der Waals surface area contributed by atoms with Gasteiger partial charge in [-0.1, -0.05) is 29.5 Å². The fraction of sp³-hybridized carbons (Fsp3) is 0.370. The first-order valence-electron chi connectivity index (χ1n) is 11.4. The summed E-state index contributed by atoms with van der Waals surface area (Å²) < 4.78 is 5.49. The Balaban J connectivity index is 1.80. The van der Waals surface area contributed by atoms with E-state index in [1.807, 2.05) is 38.1 Å². The Kier molecular flexibility index (Phi) is 8.79. The molecule has 0 bridgehead atoms. The molecule has 1 aromatic heterocycles. The molecule has 6 heteroatoms. The van der Waals surface area contributed by atoms with Crippen molar-refractivity contribution in [1.82, 2.24) is 4.98 Å². The molecule has 0 aliphatic carbocycles. The minimum absolute atomic E-state index is 0.182. The number of allylic oxidation sites excluding steroid dienone is 2. The Labute approximate surface area is 196 Å². The maximum Gasteiger partial charge on any atom is 0.155 e. The maximum atomic E-state index is 11.8. The van der Waals surface area contributed by atoms with Crippen molar-refractivity contribution in [3.8, 4) is 23.1 Å². The molecule has 172 valence electrons. The number of nitrogens with two attached hydrogens (primary N) is 1. The highest BCUT2D eigenvalue weighted by Crippen LogP contribution is 2.28. The number of hydrogen-bond donors (Lipinski definition) is 2. The number of nitrogens with one attached hydrogen (secondary N) is 1. The van der Waals surface area contributed by atoms with Gasteiger partial charge >= 0.3 is 0 Å². The van der Waals surface area contributed by atoms with E-state index in [0.29, 0.717) is 30.9 Å². The van der Waals surface area contributed by atoms with Crippen molar-refractivity contribution >= 4 is 23.5 Å². The van der Waals surface area contributed by atoms with E-state index < -0.39 is 0 Å². The van der Waals surface area contributed by atoms with Gasteiger partial charge in [0.25, 0.3) is 0 Å². The molecule has 1 aliphatic heterocycles. The molecule has 2 heterocycles. The van der Waals surface area contributed by atoms with Gasteiger partial charge in [0.15, 0.2) is 5.78 Å². The maximum absolute atomic E-state index is 11.8. The lowest BCUT2D eigenvalue weighted by molar-refractivity contribution is -0.114. The van der Waals surface area contributed by atoms with Crippen molar-refractivity contribution in [3.05, 3.63) is 53.1 Å². The van der Waals surface area contributed by atoms with Crippen LogP contribution in [0.5, 0.6) is 0 Å². The number of rotatable bonds is 8. The van der Waals surface area contributed by atoms with Crippen LogP contribution in [0.25, 0.3) is 11.3 Å². The number of nitrogens with zero attached hydrogens (tertiary/aromatic N) is 2. The lowest BCUT2D eigenvalue weighted by Crippen LogP contribution is -2.36. The molecule has 1 aliphatic rings. The number of ketones is 1. The average molecular weight is 445 g/mol. The van der Waals surface area contributed by atoms with Crippen molar-refractivity contribution in [3.63, 3.8) is 0 Å². The van der Waals surface area contributed by atoms with E-state index in [2.05, 4.69) is 16.7 Å². The molecule has 0 spiro atoms. The lowest BCUT2D eigenvalue weighted by atomic mass is 10.0. The Hall–Kier alpha value is -3.43. The minimum Gasteiger partial charge on any atom is -0.398 e. The number of hydrogen-bond acceptors (Lipinski definition) is 6. The van der Waals surface area contributed by atoms with Crippen LogP contribution in [0.2, 0.25) is 0 Å². The first kappa shape index (κ1) is 24.2. The van der Waals surface area contributed by atoms with Gasteiger partial charge in [-0.15, -0.1) is 0 Å². The quantitative estimate of drug-likeness (QED) is 0.204. The molecule has 33 heavy (non-hydrogen) atoms. The van der Waals surface area contributed by atoms with Crippen LogP contribution in [0, 0.1) is 17.3 Å². The number of anilines is 2. The molecule has 3 rings (SSSR count). The van der Waals surface area contributed by atoms with Crippen molar-refractivity contribution in [1.29, 1.82) is 5.41 Å². The van der Waals surface area contributed by atoms with Gasteiger partial charge < -0.3 is 20.8 Å². The van der Waals surface area contributed by atoms with Crippen molar-refractivity contribution in [2.75, 3.05) is 36.9 Å². The molecule has 1 fully saturated rings. The number of nitrogen functional groups attached to an aromatic ring is 1. The van der Waals surface area contributed by atoms with E-state index in [9.17, 15) is 4.79 Å². The van der Waals surface area contributed by atoms with Gasteiger partial charge in [-0.05, 0) is 51.0 Å². The number of benzene rings is 1. The predicted octanol–water partition coefficient (Wildman–Crippen LogP) is 4.61. The number of carbonyl (C=O) groups excluding carboxylic acids is 1. The highest BCUT2D eigenvalue weighted by molar-refractivity contribution is 5.94. The normalized spacial score (nSPS) is 13.1. The Morgan fingerprint density at radius 2 is 2.03 bits per heavy atom. The lowest BCUT2D eigenvalue weighted by Gasteiger charge is -2.28. The van der Waals surface area contributed by atoms with Crippen molar-refractivity contribution in [2.45, 2.75) is 39.5 Å². The number of ether oxygens (including phenoxy) is 1. The van der Waals surface area contributed by atoms with Crippen molar-refractivity contribution in [2.24, 2.45) is 0 Å². The Morgan fingerprint density at radius 1 is 1.24 bits per heavy atom. The summed E-state index contributed by atoms with van der Waals surface area (Å²) in [7, 11) is 0. The molecule has 0 radical (unpaired) electrons.